The van der Waals surface area contributed by atoms with Gasteiger partial charge in [-0.25, -0.2) is 8.42 Å². The molecule has 0 amide bonds. The maximum atomic E-state index is 12.2. The fourth-order valence-electron chi connectivity index (χ4n) is 1.47. The van der Waals surface area contributed by atoms with E-state index in [9.17, 15) is 8.42 Å². The zero-order valence-corrected chi connectivity index (χ0v) is 11.6. The molecule has 0 heterocycles. The second kappa shape index (κ2) is 6.73. The maximum Gasteiger partial charge on any atom is 0.218 e. The third-order valence-corrected chi connectivity index (χ3v) is 4.36. The largest absolute Gasteiger partial charge is 0.218 e. The van der Waals surface area contributed by atoms with Gasteiger partial charge < -0.3 is 0 Å². The molecule has 0 bridgehead atoms. The number of rotatable bonds is 7. The molecule has 0 aliphatic rings. The Morgan fingerprint density at radius 3 is 2.06 bits per heavy atom. The normalized spacial score (nSPS) is 11.4. The van der Waals surface area contributed by atoms with Gasteiger partial charge in [-0.05, 0) is 17.7 Å². The van der Waals surface area contributed by atoms with Crippen molar-refractivity contribution in [3.63, 3.8) is 0 Å². The molecule has 0 saturated heterocycles. The Labute approximate surface area is 113 Å². The molecule has 0 aliphatic carbocycles. The summed E-state index contributed by atoms with van der Waals surface area (Å²) >= 11 is 5.76. The van der Waals surface area contributed by atoms with E-state index in [1.54, 1.807) is 36.4 Å². The molecule has 0 saturated carbocycles. The van der Waals surface area contributed by atoms with Crippen LogP contribution in [-0.2, 0) is 15.8 Å². The molecule has 0 aromatic heterocycles. The molecule has 1 aromatic rings. The van der Waals surface area contributed by atoms with Gasteiger partial charge in [-0.15, -0.1) is 13.2 Å². The summed E-state index contributed by atoms with van der Waals surface area (Å²) in [5, 5.41) is 0.588. The minimum absolute atomic E-state index is 0.0498. The van der Waals surface area contributed by atoms with Gasteiger partial charge in [0.25, 0.3) is 0 Å². The van der Waals surface area contributed by atoms with Crippen LogP contribution in [0.1, 0.15) is 5.56 Å². The Hall–Kier alpha value is -1.10. The quantitative estimate of drug-likeness (QED) is 0.723. The summed E-state index contributed by atoms with van der Waals surface area (Å²) in [7, 11) is -3.36. The van der Waals surface area contributed by atoms with Gasteiger partial charge in [0.15, 0.2) is 0 Å². The molecular weight excluding hydrogens is 270 g/mol. The highest BCUT2D eigenvalue weighted by atomic mass is 35.5. The fraction of sp³-hybridized carbons (Fsp3) is 0.231. The topological polar surface area (TPSA) is 37.4 Å². The van der Waals surface area contributed by atoms with Crippen LogP contribution in [0.3, 0.4) is 0 Å². The summed E-state index contributed by atoms with van der Waals surface area (Å²) in [5.41, 5.74) is 0.706. The zero-order valence-electron chi connectivity index (χ0n) is 10.0. The molecule has 0 unspecified atom stereocenters. The van der Waals surface area contributed by atoms with E-state index >= 15 is 0 Å². The average Bonchev–Trinajstić information content (AvgIpc) is 2.32. The summed E-state index contributed by atoms with van der Waals surface area (Å²) in [6, 6.07) is 6.77. The lowest BCUT2D eigenvalue weighted by Gasteiger charge is -2.18. The van der Waals surface area contributed by atoms with Crippen molar-refractivity contribution >= 4 is 21.6 Å². The Bertz CT molecular complexity index is 498. The molecule has 98 valence electrons. The summed E-state index contributed by atoms with van der Waals surface area (Å²) in [6.45, 7) is 7.67. The van der Waals surface area contributed by atoms with Crippen LogP contribution in [0.5, 0.6) is 0 Å². The third kappa shape index (κ3) is 4.29. The molecule has 0 fully saturated rings. The molecular formula is C13H16ClNO2S. The lowest BCUT2D eigenvalue weighted by molar-refractivity contribution is 0.473. The number of halogens is 1. The first-order chi connectivity index (χ1) is 8.49. The van der Waals surface area contributed by atoms with E-state index in [-0.39, 0.29) is 18.8 Å². The highest BCUT2D eigenvalue weighted by Crippen LogP contribution is 2.14. The van der Waals surface area contributed by atoms with Crippen molar-refractivity contribution < 1.29 is 8.42 Å². The van der Waals surface area contributed by atoms with Crippen LogP contribution in [0.4, 0.5) is 0 Å². The monoisotopic (exact) mass is 285 g/mol. The van der Waals surface area contributed by atoms with Crippen molar-refractivity contribution in [2.75, 3.05) is 13.1 Å². The van der Waals surface area contributed by atoms with Crippen LogP contribution in [0, 0.1) is 0 Å². The first kappa shape index (κ1) is 15.0. The van der Waals surface area contributed by atoms with E-state index in [4.69, 9.17) is 11.6 Å². The molecule has 0 atom stereocenters. The lowest BCUT2D eigenvalue weighted by atomic mass is 10.2. The Balaban J connectivity index is 2.87. The molecule has 1 rings (SSSR count). The van der Waals surface area contributed by atoms with Crippen LogP contribution in [0.25, 0.3) is 0 Å². The molecule has 1 aromatic carbocycles. The van der Waals surface area contributed by atoms with Crippen molar-refractivity contribution in [2.24, 2.45) is 0 Å². The number of benzene rings is 1. The molecule has 0 radical (unpaired) electrons. The van der Waals surface area contributed by atoms with E-state index in [0.29, 0.717) is 10.6 Å². The minimum atomic E-state index is -3.36. The molecule has 18 heavy (non-hydrogen) atoms. The van der Waals surface area contributed by atoms with Crippen LogP contribution >= 0.6 is 11.6 Å². The third-order valence-electron chi connectivity index (χ3n) is 2.32. The van der Waals surface area contributed by atoms with Crippen LogP contribution in [0.2, 0.25) is 5.02 Å². The van der Waals surface area contributed by atoms with E-state index in [1.807, 2.05) is 0 Å². The van der Waals surface area contributed by atoms with E-state index in [1.165, 1.54) is 4.31 Å². The van der Waals surface area contributed by atoms with Gasteiger partial charge in [-0.2, -0.15) is 4.31 Å². The summed E-state index contributed by atoms with van der Waals surface area (Å²) in [6.07, 6.45) is 3.12. The number of hydrogen-bond donors (Lipinski definition) is 0. The summed E-state index contributed by atoms with van der Waals surface area (Å²) in [4.78, 5) is 0. The van der Waals surface area contributed by atoms with Gasteiger partial charge in [0.2, 0.25) is 10.0 Å². The minimum Gasteiger partial charge on any atom is -0.212 e. The number of hydrogen-bond acceptors (Lipinski definition) is 2. The lowest BCUT2D eigenvalue weighted by Crippen LogP contribution is -2.32. The highest BCUT2D eigenvalue weighted by molar-refractivity contribution is 7.88. The second-order valence-electron chi connectivity index (χ2n) is 3.78. The van der Waals surface area contributed by atoms with Gasteiger partial charge in [-0.1, -0.05) is 35.9 Å². The highest BCUT2D eigenvalue weighted by Gasteiger charge is 2.19. The van der Waals surface area contributed by atoms with E-state index in [0.717, 1.165) is 0 Å². The predicted octanol–water partition coefficient (Wildman–Crippen LogP) is 2.84. The average molecular weight is 286 g/mol. The molecule has 5 heteroatoms. The fourth-order valence-corrected chi connectivity index (χ4v) is 3.06. The predicted molar refractivity (Wildman–Crippen MR) is 76.0 cm³/mol. The first-order valence-electron chi connectivity index (χ1n) is 5.43. The number of nitrogens with zero attached hydrogens (tertiary/aromatic N) is 1. The molecule has 0 aliphatic heterocycles. The molecule has 3 nitrogen and oxygen atoms in total. The molecule has 0 N–H and O–H groups in total. The van der Waals surface area contributed by atoms with E-state index in [2.05, 4.69) is 13.2 Å². The number of sulfonamides is 1. The van der Waals surface area contributed by atoms with Gasteiger partial charge in [-0.3, -0.25) is 0 Å². The van der Waals surface area contributed by atoms with Crippen molar-refractivity contribution in [3.05, 3.63) is 60.2 Å². The van der Waals surface area contributed by atoms with Gasteiger partial charge in [0, 0.05) is 18.1 Å². The van der Waals surface area contributed by atoms with Gasteiger partial charge >= 0.3 is 0 Å². The van der Waals surface area contributed by atoms with E-state index < -0.39 is 10.0 Å². The van der Waals surface area contributed by atoms with Crippen LogP contribution in [-0.4, -0.2) is 25.8 Å². The smallest absolute Gasteiger partial charge is 0.212 e. The van der Waals surface area contributed by atoms with Crippen molar-refractivity contribution in [1.29, 1.82) is 0 Å². The standard InChI is InChI=1S/C13H16ClNO2S/c1-3-9-15(10-4-2)18(16,17)11-12-5-7-13(14)8-6-12/h3-8H,1-2,9-11H2. The van der Waals surface area contributed by atoms with Gasteiger partial charge in [0.05, 0.1) is 5.75 Å². The van der Waals surface area contributed by atoms with Crippen molar-refractivity contribution in [3.8, 4) is 0 Å². The van der Waals surface area contributed by atoms with Crippen LogP contribution in [0.15, 0.2) is 49.6 Å². The van der Waals surface area contributed by atoms with Crippen LogP contribution < -0.4 is 0 Å². The Morgan fingerprint density at radius 2 is 1.61 bits per heavy atom. The first-order valence-corrected chi connectivity index (χ1v) is 7.42. The van der Waals surface area contributed by atoms with Crippen molar-refractivity contribution in [1.82, 2.24) is 4.31 Å². The van der Waals surface area contributed by atoms with Crippen molar-refractivity contribution in [2.45, 2.75) is 5.75 Å². The SMILES string of the molecule is C=CCN(CC=C)S(=O)(=O)Cc1ccc(Cl)cc1. The Morgan fingerprint density at radius 1 is 1.11 bits per heavy atom. The van der Waals surface area contributed by atoms with Gasteiger partial charge in [0.1, 0.15) is 0 Å². The Kier molecular flexibility index (Phi) is 5.59. The summed E-state index contributed by atoms with van der Waals surface area (Å²) < 4.78 is 25.7. The maximum absolute atomic E-state index is 12.2. The summed E-state index contributed by atoms with van der Waals surface area (Å²) in [5.74, 6) is -0.0498. The second-order valence-corrected chi connectivity index (χ2v) is 6.18. The zero-order chi connectivity index (χ0) is 13.6. The molecule has 0 spiro atoms.